The van der Waals surface area contributed by atoms with Gasteiger partial charge in [-0.1, -0.05) is 12.1 Å². The lowest BCUT2D eigenvalue weighted by molar-refractivity contribution is 0.0783. The molecule has 1 atom stereocenters. The number of fused-ring (bicyclic) bond motifs is 1. The van der Waals surface area contributed by atoms with Gasteiger partial charge >= 0.3 is 0 Å². The fourth-order valence-electron chi connectivity index (χ4n) is 5.24. The van der Waals surface area contributed by atoms with Gasteiger partial charge in [-0.3, -0.25) is 14.3 Å². The third-order valence-corrected chi connectivity index (χ3v) is 7.35. The molecule has 6 rings (SSSR count). The minimum atomic E-state index is -0.301. The number of aromatic nitrogens is 4. The average Bonchev–Trinajstić information content (AvgIpc) is 3.69. The van der Waals surface area contributed by atoms with Crippen LogP contribution in [0.1, 0.15) is 32.7 Å². The van der Waals surface area contributed by atoms with Crippen molar-refractivity contribution in [2.24, 2.45) is 7.05 Å². The van der Waals surface area contributed by atoms with Crippen molar-refractivity contribution in [3.8, 4) is 22.3 Å². The van der Waals surface area contributed by atoms with Gasteiger partial charge in [-0.15, -0.1) is 0 Å². The molecule has 0 saturated carbocycles. The van der Waals surface area contributed by atoms with E-state index in [-0.39, 0.29) is 23.7 Å². The van der Waals surface area contributed by atoms with Crippen LogP contribution in [0.5, 0.6) is 0 Å². The van der Waals surface area contributed by atoms with E-state index in [1.54, 1.807) is 28.0 Å². The highest BCUT2D eigenvalue weighted by molar-refractivity contribution is 6.00. The summed E-state index contributed by atoms with van der Waals surface area (Å²) >= 11 is 0. The summed E-state index contributed by atoms with van der Waals surface area (Å²) in [6, 6.07) is 15.8. The number of rotatable bonds is 5. The molecule has 39 heavy (non-hydrogen) atoms. The normalized spacial score (nSPS) is 15.1. The maximum Gasteiger partial charge on any atom is 0.255 e. The van der Waals surface area contributed by atoms with E-state index >= 15 is 0 Å². The molecule has 9 nitrogen and oxygen atoms in total. The van der Waals surface area contributed by atoms with Gasteiger partial charge in [0.25, 0.3) is 11.8 Å². The van der Waals surface area contributed by atoms with Crippen molar-refractivity contribution >= 4 is 28.5 Å². The number of pyridine rings is 1. The first-order valence-corrected chi connectivity index (χ1v) is 12.9. The second-order valence-electron chi connectivity index (χ2n) is 10.1. The van der Waals surface area contributed by atoms with Crippen molar-refractivity contribution in [3.05, 3.63) is 90.0 Å². The molecule has 0 aliphatic carbocycles. The minimum Gasteiger partial charge on any atom is -0.383 e. The summed E-state index contributed by atoms with van der Waals surface area (Å²) in [5.74, 6) is -0.177. The molecule has 196 valence electrons. The first kappa shape index (κ1) is 24.4. The number of hydrogen-bond donors (Lipinski definition) is 3. The Morgan fingerprint density at radius 3 is 2.72 bits per heavy atom. The zero-order chi connectivity index (χ0) is 27.1. The van der Waals surface area contributed by atoms with E-state index in [2.05, 4.69) is 44.6 Å². The van der Waals surface area contributed by atoms with Crippen LogP contribution < -0.4 is 11.1 Å². The topological polar surface area (TPSA) is 122 Å². The SMILES string of the molecule is Cc1cc(C(=O)N2CCC(NC(=O)c3cc(-c4cnn(C)c4)cnc3N)C2)ccc1-c1ccc2[nH]ccc2c1. The van der Waals surface area contributed by atoms with Gasteiger partial charge in [0.2, 0.25) is 0 Å². The van der Waals surface area contributed by atoms with Crippen LogP contribution in [0.2, 0.25) is 0 Å². The van der Waals surface area contributed by atoms with Gasteiger partial charge in [-0.2, -0.15) is 5.10 Å². The molecule has 1 aliphatic rings. The number of carbonyl (C=O) groups is 2. The number of anilines is 1. The Kier molecular flexibility index (Phi) is 6.11. The molecule has 0 bridgehead atoms. The van der Waals surface area contributed by atoms with Gasteiger partial charge in [-0.25, -0.2) is 4.98 Å². The van der Waals surface area contributed by atoms with E-state index in [4.69, 9.17) is 5.73 Å². The van der Waals surface area contributed by atoms with Crippen molar-refractivity contribution in [1.82, 2.24) is 30.0 Å². The number of likely N-dealkylation sites (tertiary alicyclic amines) is 1. The maximum absolute atomic E-state index is 13.3. The number of aryl methyl sites for hydroxylation is 2. The van der Waals surface area contributed by atoms with E-state index in [0.717, 1.165) is 38.7 Å². The molecule has 3 aromatic heterocycles. The molecule has 1 unspecified atom stereocenters. The van der Waals surface area contributed by atoms with Crippen molar-refractivity contribution in [2.75, 3.05) is 18.8 Å². The zero-order valence-electron chi connectivity index (χ0n) is 21.8. The molecule has 1 fully saturated rings. The smallest absolute Gasteiger partial charge is 0.255 e. The third kappa shape index (κ3) is 4.74. The Balaban J connectivity index is 1.13. The summed E-state index contributed by atoms with van der Waals surface area (Å²) in [7, 11) is 1.83. The Hall–Kier alpha value is -4.92. The van der Waals surface area contributed by atoms with Gasteiger partial charge < -0.3 is 20.9 Å². The number of H-pyrrole nitrogens is 1. The van der Waals surface area contributed by atoms with Crippen LogP contribution in [0.3, 0.4) is 0 Å². The number of hydrogen-bond acceptors (Lipinski definition) is 5. The summed E-state index contributed by atoms with van der Waals surface area (Å²) in [6.45, 7) is 3.03. The number of carbonyl (C=O) groups excluding carboxylic acids is 2. The quantitative estimate of drug-likeness (QED) is 0.322. The molecule has 0 radical (unpaired) electrons. The maximum atomic E-state index is 13.3. The number of nitrogens with two attached hydrogens (primary N) is 1. The van der Waals surface area contributed by atoms with Crippen LogP contribution in [0.4, 0.5) is 5.82 Å². The molecule has 2 amide bonds. The zero-order valence-corrected chi connectivity index (χ0v) is 21.8. The lowest BCUT2D eigenvalue weighted by atomic mass is 9.97. The first-order chi connectivity index (χ1) is 18.9. The number of nitrogen functional groups attached to an aromatic ring is 1. The Labute approximate surface area is 225 Å². The van der Waals surface area contributed by atoms with Crippen LogP contribution in [0, 0.1) is 6.92 Å². The third-order valence-electron chi connectivity index (χ3n) is 7.35. The van der Waals surface area contributed by atoms with Crippen molar-refractivity contribution in [3.63, 3.8) is 0 Å². The molecular formula is C30H29N7O2. The minimum absolute atomic E-state index is 0.0396. The van der Waals surface area contributed by atoms with E-state index in [9.17, 15) is 9.59 Å². The van der Waals surface area contributed by atoms with Crippen LogP contribution in [-0.2, 0) is 7.05 Å². The van der Waals surface area contributed by atoms with Crippen LogP contribution >= 0.6 is 0 Å². The van der Waals surface area contributed by atoms with E-state index < -0.39 is 0 Å². The van der Waals surface area contributed by atoms with Crippen molar-refractivity contribution in [1.29, 1.82) is 0 Å². The molecular weight excluding hydrogens is 490 g/mol. The predicted octanol–water partition coefficient (Wildman–Crippen LogP) is 4.17. The summed E-state index contributed by atoms with van der Waals surface area (Å²) in [5, 5.41) is 8.36. The number of benzene rings is 2. The molecule has 1 saturated heterocycles. The number of nitrogens with one attached hydrogen (secondary N) is 2. The molecule has 4 heterocycles. The highest BCUT2D eigenvalue weighted by atomic mass is 16.2. The Morgan fingerprint density at radius 2 is 1.92 bits per heavy atom. The average molecular weight is 520 g/mol. The van der Waals surface area contributed by atoms with Gasteiger partial charge in [0, 0.05) is 67.0 Å². The summed E-state index contributed by atoms with van der Waals surface area (Å²) in [6.07, 6.45) is 7.79. The van der Waals surface area contributed by atoms with E-state index in [1.165, 1.54) is 0 Å². The second-order valence-corrected chi connectivity index (χ2v) is 10.1. The summed E-state index contributed by atoms with van der Waals surface area (Å²) < 4.78 is 1.69. The van der Waals surface area contributed by atoms with E-state index in [1.807, 2.05) is 44.6 Å². The number of aromatic amines is 1. The number of amides is 2. The molecule has 2 aromatic carbocycles. The van der Waals surface area contributed by atoms with Gasteiger partial charge in [0.1, 0.15) is 5.82 Å². The number of nitrogens with zero attached hydrogens (tertiary/aromatic N) is 4. The highest BCUT2D eigenvalue weighted by Gasteiger charge is 2.29. The van der Waals surface area contributed by atoms with E-state index in [0.29, 0.717) is 30.6 Å². The van der Waals surface area contributed by atoms with Gasteiger partial charge in [-0.05, 0) is 71.8 Å². The molecule has 0 spiro atoms. The molecule has 9 heteroatoms. The highest BCUT2D eigenvalue weighted by Crippen LogP contribution is 2.28. The van der Waals surface area contributed by atoms with Gasteiger partial charge in [0.15, 0.2) is 0 Å². The molecule has 5 aromatic rings. The van der Waals surface area contributed by atoms with Crippen molar-refractivity contribution < 1.29 is 9.59 Å². The first-order valence-electron chi connectivity index (χ1n) is 12.9. The van der Waals surface area contributed by atoms with Crippen molar-refractivity contribution in [2.45, 2.75) is 19.4 Å². The Bertz CT molecular complexity index is 1720. The fraction of sp³-hybridized carbons (Fsp3) is 0.200. The monoisotopic (exact) mass is 519 g/mol. The lowest BCUT2D eigenvalue weighted by Crippen LogP contribution is -2.38. The predicted molar refractivity (Wildman–Crippen MR) is 151 cm³/mol. The van der Waals surface area contributed by atoms with Crippen LogP contribution in [0.25, 0.3) is 33.2 Å². The van der Waals surface area contributed by atoms with Crippen LogP contribution in [-0.4, -0.2) is 55.6 Å². The summed E-state index contributed by atoms with van der Waals surface area (Å²) in [5.41, 5.74) is 12.9. The van der Waals surface area contributed by atoms with Crippen LogP contribution in [0.15, 0.2) is 73.3 Å². The standard InChI is InChI=1S/C30H29N7O2/c1-18-11-21(3-5-25(18)19-4-6-27-20(12-19)7-9-32-27)30(39)37-10-8-24(17-37)35-29(38)26-13-22(14-33-28(26)31)23-15-34-36(2)16-23/h3-7,9,11-16,24,32H,8,10,17H2,1-2H3,(H2,31,33)(H,35,38). The fourth-order valence-corrected chi connectivity index (χ4v) is 5.24. The molecule has 4 N–H and O–H groups in total. The summed E-state index contributed by atoms with van der Waals surface area (Å²) in [4.78, 5) is 35.6. The lowest BCUT2D eigenvalue weighted by Gasteiger charge is -2.18. The second kappa shape index (κ2) is 9.75. The molecule has 1 aliphatic heterocycles. The largest absolute Gasteiger partial charge is 0.383 e. The Morgan fingerprint density at radius 1 is 1.05 bits per heavy atom. The van der Waals surface area contributed by atoms with Gasteiger partial charge in [0.05, 0.1) is 11.8 Å².